The predicted octanol–water partition coefficient (Wildman–Crippen LogP) is 12.8. The second-order valence-electron chi connectivity index (χ2n) is 15.3. The highest BCUT2D eigenvalue weighted by molar-refractivity contribution is 6.12. The van der Waals surface area contributed by atoms with E-state index in [0.717, 1.165) is 12.3 Å². The minimum absolute atomic E-state index is 0.177. The molecule has 0 aliphatic heterocycles. The van der Waals surface area contributed by atoms with Gasteiger partial charge >= 0.3 is 0 Å². The maximum absolute atomic E-state index is 2.38. The van der Waals surface area contributed by atoms with Gasteiger partial charge in [0.25, 0.3) is 0 Å². The lowest BCUT2D eigenvalue weighted by Gasteiger charge is -2.29. The minimum atomic E-state index is 0.177. The highest BCUT2D eigenvalue weighted by Crippen LogP contribution is 2.53. The summed E-state index contributed by atoms with van der Waals surface area (Å²) in [7, 11) is 0. The van der Waals surface area contributed by atoms with Gasteiger partial charge in [0.1, 0.15) is 0 Å². The number of rotatable bonds is 4. The molecule has 0 fully saturated rings. The Morgan fingerprint density at radius 2 is 1.29 bits per heavy atom. The van der Waals surface area contributed by atoms with Crippen LogP contribution in [0.1, 0.15) is 117 Å². The second-order valence-corrected chi connectivity index (χ2v) is 15.3. The van der Waals surface area contributed by atoms with Gasteiger partial charge in [0, 0.05) is 5.41 Å². The summed E-state index contributed by atoms with van der Waals surface area (Å²) in [6.07, 6.45) is 5.74. The SMILES string of the molecule is C/C=c1/ccc2cc(C(C)(C)C)cc3ccc(CC(C)C)c1c32.CC(C)C.CCC1(CC)c2ccccc2-c2c(C)cccc21. The minimum Gasteiger partial charge on any atom is -0.0798 e. The van der Waals surface area contributed by atoms with E-state index in [2.05, 4.69) is 168 Å². The lowest BCUT2D eigenvalue weighted by atomic mass is 9.74. The lowest BCUT2D eigenvalue weighted by molar-refractivity contribution is 0.490. The molecule has 0 aromatic heterocycles. The number of hydrogen-bond donors (Lipinski definition) is 0. The van der Waals surface area contributed by atoms with Gasteiger partial charge in [0.05, 0.1) is 0 Å². The second kappa shape index (κ2) is 13.9. The Balaban J connectivity index is 0.000000187. The van der Waals surface area contributed by atoms with Crippen molar-refractivity contribution in [3.8, 4) is 11.1 Å². The van der Waals surface area contributed by atoms with Crippen LogP contribution in [-0.2, 0) is 17.3 Å². The molecule has 1 aliphatic rings. The summed E-state index contributed by atoms with van der Waals surface area (Å²) in [5, 5.41) is 7.00. The van der Waals surface area contributed by atoms with Crippen molar-refractivity contribution in [2.75, 3.05) is 0 Å². The zero-order valence-electron chi connectivity index (χ0n) is 30.4. The van der Waals surface area contributed by atoms with E-state index in [1.807, 2.05) is 0 Å². The molecule has 0 radical (unpaired) electrons. The van der Waals surface area contributed by atoms with Crippen molar-refractivity contribution < 1.29 is 0 Å². The molecule has 0 bridgehead atoms. The zero-order chi connectivity index (χ0) is 33.1. The smallest absolute Gasteiger partial charge is 0.0210 e. The molecular weight excluding hydrogens is 540 g/mol. The van der Waals surface area contributed by atoms with Gasteiger partial charge in [-0.15, -0.1) is 0 Å². The Morgan fingerprint density at radius 1 is 0.711 bits per heavy atom. The van der Waals surface area contributed by atoms with Crippen LogP contribution in [0.15, 0.2) is 78.9 Å². The summed E-state index contributed by atoms with van der Waals surface area (Å²) in [6.45, 7) is 27.0. The molecule has 0 saturated carbocycles. The monoisotopic (exact) mass is 598 g/mol. The Kier molecular flexibility index (Phi) is 10.7. The quantitative estimate of drug-likeness (QED) is 0.193. The standard InChI is InChI=1S/C23H28.C18H20.C4H10/c1-7-16-8-9-18-13-20(23(4,5)6)14-19-11-10-17(12-15(2)3)21(16)22(18)19;1-4-18(5-2)15-11-7-6-10-14(15)17-13(3)9-8-12-16(17)18;1-4(2)3/h7-11,13-15H,12H2,1-6H3;6-12H,4-5H2,1-3H3;4H,1-3H3/b16-7-;;. The molecule has 0 unspecified atom stereocenters. The van der Waals surface area contributed by atoms with E-state index >= 15 is 0 Å². The van der Waals surface area contributed by atoms with Gasteiger partial charge < -0.3 is 0 Å². The fraction of sp³-hybridized carbons (Fsp3) is 0.422. The van der Waals surface area contributed by atoms with Crippen LogP contribution in [0, 0.1) is 18.8 Å². The summed E-state index contributed by atoms with van der Waals surface area (Å²) in [5.41, 5.74) is 10.7. The maximum Gasteiger partial charge on any atom is 0.0210 e. The first-order valence-corrected chi connectivity index (χ1v) is 17.4. The molecule has 6 rings (SSSR count). The molecule has 0 heterocycles. The van der Waals surface area contributed by atoms with E-state index in [4.69, 9.17) is 0 Å². The highest BCUT2D eigenvalue weighted by Gasteiger charge is 2.40. The molecule has 45 heavy (non-hydrogen) atoms. The fourth-order valence-corrected chi connectivity index (χ4v) is 7.25. The van der Waals surface area contributed by atoms with Gasteiger partial charge in [-0.05, 0) is 116 Å². The summed E-state index contributed by atoms with van der Waals surface area (Å²) in [4.78, 5) is 0. The van der Waals surface area contributed by atoms with Crippen molar-refractivity contribution in [1.82, 2.24) is 0 Å². The molecule has 0 saturated heterocycles. The molecule has 0 atom stereocenters. The van der Waals surface area contributed by atoms with Crippen molar-refractivity contribution in [2.24, 2.45) is 11.8 Å². The van der Waals surface area contributed by atoms with E-state index in [-0.39, 0.29) is 10.8 Å². The van der Waals surface area contributed by atoms with Crippen LogP contribution in [0.25, 0.3) is 38.7 Å². The third kappa shape index (κ3) is 6.91. The first kappa shape index (κ1) is 34.5. The van der Waals surface area contributed by atoms with Crippen LogP contribution < -0.4 is 5.22 Å². The summed E-state index contributed by atoms with van der Waals surface area (Å²) in [6, 6.07) is 29.7. The number of benzene rings is 5. The highest BCUT2D eigenvalue weighted by atomic mass is 14.4. The zero-order valence-corrected chi connectivity index (χ0v) is 30.4. The topological polar surface area (TPSA) is 0 Å². The van der Waals surface area contributed by atoms with Crippen LogP contribution in [0.4, 0.5) is 0 Å². The molecule has 0 spiro atoms. The Labute approximate surface area is 275 Å². The van der Waals surface area contributed by atoms with E-state index in [1.54, 1.807) is 0 Å². The van der Waals surface area contributed by atoms with Crippen molar-refractivity contribution in [3.05, 3.63) is 112 Å². The van der Waals surface area contributed by atoms with Gasteiger partial charge in [-0.25, -0.2) is 0 Å². The van der Waals surface area contributed by atoms with E-state index in [0.29, 0.717) is 5.92 Å². The van der Waals surface area contributed by atoms with Crippen molar-refractivity contribution in [3.63, 3.8) is 0 Å². The maximum atomic E-state index is 2.38. The van der Waals surface area contributed by atoms with Crippen molar-refractivity contribution >= 4 is 27.6 Å². The van der Waals surface area contributed by atoms with Gasteiger partial charge in [-0.1, -0.05) is 154 Å². The third-order valence-corrected chi connectivity index (χ3v) is 9.48. The molecule has 0 N–H and O–H groups in total. The van der Waals surface area contributed by atoms with Crippen LogP contribution >= 0.6 is 0 Å². The number of fused-ring (bicyclic) bond motifs is 3. The first-order chi connectivity index (χ1) is 21.3. The van der Waals surface area contributed by atoms with Crippen LogP contribution in [0.5, 0.6) is 0 Å². The predicted molar refractivity (Wildman–Crippen MR) is 203 cm³/mol. The van der Waals surface area contributed by atoms with Crippen molar-refractivity contribution in [2.45, 2.75) is 113 Å². The Hall–Kier alpha value is -3.38. The molecule has 5 aromatic carbocycles. The molecule has 0 amide bonds. The largest absolute Gasteiger partial charge is 0.0798 e. The summed E-state index contributed by atoms with van der Waals surface area (Å²) in [5.74, 6) is 1.50. The van der Waals surface area contributed by atoms with Gasteiger partial charge in [0.15, 0.2) is 0 Å². The number of aryl methyl sites for hydroxylation is 1. The van der Waals surface area contributed by atoms with Gasteiger partial charge in [-0.3, -0.25) is 0 Å². The van der Waals surface area contributed by atoms with Crippen LogP contribution in [0.3, 0.4) is 0 Å². The van der Waals surface area contributed by atoms with E-state index in [9.17, 15) is 0 Å². The first-order valence-electron chi connectivity index (χ1n) is 17.4. The average molecular weight is 599 g/mol. The molecule has 238 valence electrons. The summed E-state index contributed by atoms with van der Waals surface area (Å²) >= 11 is 0. The number of hydrogen-bond acceptors (Lipinski definition) is 0. The third-order valence-electron chi connectivity index (χ3n) is 9.48. The normalized spacial score (nSPS) is 13.9. The van der Waals surface area contributed by atoms with E-state index in [1.165, 1.54) is 78.5 Å². The van der Waals surface area contributed by atoms with Crippen LogP contribution in [0.2, 0.25) is 0 Å². The lowest BCUT2D eigenvalue weighted by Crippen LogP contribution is -2.22. The van der Waals surface area contributed by atoms with Gasteiger partial charge in [0.2, 0.25) is 0 Å². The van der Waals surface area contributed by atoms with Crippen LogP contribution in [-0.4, -0.2) is 0 Å². The molecule has 0 heteroatoms. The Bertz CT molecular complexity index is 1780. The average Bonchev–Trinajstić information content (AvgIpc) is 3.28. The molecule has 5 aromatic rings. The Morgan fingerprint density at radius 3 is 1.84 bits per heavy atom. The van der Waals surface area contributed by atoms with Crippen molar-refractivity contribution in [1.29, 1.82) is 0 Å². The fourth-order valence-electron chi connectivity index (χ4n) is 7.25. The van der Waals surface area contributed by atoms with E-state index < -0.39 is 0 Å². The van der Waals surface area contributed by atoms with Gasteiger partial charge in [-0.2, -0.15) is 0 Å². The molecule has 0 nitrogen and oxygen atoms in total. The summed E-state index contributed by atoms with van der Waals surface area (Å²) < 4.78 is 0. The molecule has 1 aliphatic carbocycles. The molecular formula is C45H58.